The van der Waals surface area contributed by atoms with E-state index in [0.29, 0.717) is 11.1 Å². The summed E-state index contributed by atoms with van der Waals surface area (Å²) in [4.78, 5) is 13.2. The zero-order valence-corrected chi connectivity index (χ0v) is 17.1. The molecule has 4 heteroatoms. The minimum absolute atomic E-state index is 0.0450. The average molecular weight is 382 g/mol. The number of rotatable bonds is 4. The van der Waals surface area contributed by atoms with Gasteiger partial charge < -0.3 is 9.84 Å². The highest BCUT2D eigenvalue weighted by molar-refractivity contribution is 6.26. The molecule has 1 aliphatic heterocycles. The van der Waals surface area contributed by atoms with E-state index < -0.39 is 17.9 Å². The van der Waals surface area contributed by atoms with Crippen LogP contribution in [0, 0.1) is 0 Å². The molecule has 0 unspecified atom stereocenters. The molecule has 0 spiro atoms. The summed E-state index contributed by atoms with van der Waals surface area (Å²) in [6, 6.07) is 13.2. The number of aliphatic hydroxyl groups excluding tert-OH is 1. The third-order valence-electron chi connectivity index (χ3n) is 5.29. The second-order valence-corrected chi connectivity index (χ2v) is 8.23. The van der Waals surface area contributed by atoms with Crippen molar-refractivity contribution in [2.24, 2.45) is 0 Å². The number of Topliss-reactive ketones (excluding diaryl/α,β-unsaturated/α-hetero) is 1. The number of carbonyl (C=O) groups is 1. The number of carbonyl (C=O) groups excluding carboxylic acids is 1. The summed E-state index contributed by atoms with van der Waals surface area (Å²) in [7, 11) is 0. The molecule has 2 aromatic rings. The van der Waals surface area contributed by atoms with Crippen molar-refractivity contribution in [1.29, 1.82) is 0 Å². The van der Waals surface area contributed by atoms with Crippen molar-refractivity contribution in [2.45, 2.75) is 58.9 Å². The fourth-order valence-electron chi connectivity index (χ4n) is 3.78. The van der Waals surface area contributed by atoms with Crippen LogP contribution in [-0.2, 0) is 22.6 Å². The van der Waals surface area contributed by atoms with E-state index in [1.54, 1.807) is 39.8 Å². The maximum absolute atomic E-state index is 13.2. The lowest BCUT2D eigenvalue weighted by Crippen LogP contribution is -2.49. The molecule has 1 aliphatic rings. The Kier molecular flexibility index (Phi) is 5.20. The van der Waals surface area contributed by atoms with E-state index in [1.807, 2.05) is 37.3 Å². The zero-order chi connectivity index (χ0) is 20.7. The Morgan fingerprint density at radius 2 is 1.57 bits per heavy atom. The molecule has 0 aliphatic carbocycles. The number of aryl methyl sites for hydroxylation is 1. The van der Waals surface area contributed by atoms with Gasteiger partial charge in [0.1, 0.15) is 23.6 Å². The average Bonchev–Trinajstić information content (AvgIpc) is 2.66. The topological polar surface area (TPSA) is 46.5 Å². The Bertz CT molecular complexity index is 937. The third-order valence-corrected chi connectivity index (χ3v) is 5.29. The third kappa shape index (κ3) is 3.49. The van der Waals surface area contributed by atoms with Crippen LogP contribution < -0.4 is 0 Å². The molecule has 0 aromatic heterocycles. The summed E-state index contributed by atoms with van der Waals surface area (Å²) >= 11 is 0. The molecule has 0 amide bonds. The van der Waals surface area contributed by atoms with Crippen LogP contribution in [-0.4, -0.2) is 22.1 Å². The highest BCUT2D eigenvalue weighted by Crippen LogP contribution is 2.41. The SMILES string of the molecule is CCc1ccc(-c2ccc(CF)cc2)cc1C1=C(O)C(C)(C)OC(C)(C)C1=O. The molecule has 3 rings (SSSR count). The first kappa shape index (κ1) is 20.3. The summed E-state index contributed by atoms with van der Waals surface area (Å²) in [5.41, 5.74) is 2.49. The predicted octanol–water partition coefficient (Wildman–Crippen LogP) is 5.81. The van der Waals surface area contributed by atoms with Gasteiger partial charge in [-0.3, -0.25) is 4.79 Å². The van der Waals surface area contributed by atoms with Crippen LogP contribution in [0.15, 0.2) is 48.2 Å². The number of hydrogen-bond donors (Lipinski definition) is 1. The van der Waals surface area contributed by atoms with Crippen molar-refractivity contribution in [2.75, 3.05) is 0 Å². The van der Waals surface area contributed by atoms with E-state index in [0.717, 1.165) is 28.7 Å². The fraction of sp³-hybridized carbons (Fsp3) is 0.375. The lowest BCUT2D eigenvalue weighted by atomic mass is 9.80. The molecule has 2 aromatic carbocycles. The molecular formula is C24H27FO3. The van der Waals surface area contributed by atoms with E-state index in [1.165, 1.54) is 0 Å². The van der Waals surface area contributed by atoms with Gasteiger partial charge in [-0.05, 0) is 68.0 Å². The lowest BCUT2D eigenvalue weighted by molar-refractivity contribution is -0.158. The minimum atomic E-state index is -1.03. The van der Waals surface area contributed by atoms with Crippen LogP contribution in [0.1, 0.15) is 51.3 Å². The Morgan fingerprint density at radius 3 is 2.14 bits per heavy atom. The van der Waals surface area contributed by atoms with Crippen molar-refractivity contribution in [3.8, 4) is 11.1 Å². The van der Waals surface area contributed by atoms with Gasteiger partial charge in [0.25, 0.3) is 0 Å². The number of halogens is 1. The Balaban J connectivity index is 2.20. The molecule has 3 nitrogen and oxygen atoms in total. The van der Waals surface area contributed by atoms with Crippen molar-refractivity contribution >= 4 is 11.4 Å². The van der Waals surface area contributed by atoms with Crippen molar-refractivity contribution in [3.63, 3.8) is 0 Å². The van der Waals surface area contributed by atoms with Gasteiger partial charge in [-0.1, -0.05) is 43.3 Å². The van der Waals surface area contributed by atoms with Crippen molar-refractivity contribution in [1.82, 2.24) is 0 Å². The van der Waals surface area contributed by atoms with E-state index in [2.05, 4.69) is 0 Å². The summed E-state index contributed by atoms with van der Waals surface area (Å²) in [6.07, 6.45) is 0.724. The maximum atomic E-state index is 13.2. The van der Waals surface area contributed by atoms with Crippen molar-refractivity contribution in [3.05, 3.63) is 64.9 Å². The number of ether oxygens (including phenoxy) is 1. The molecule has 0 bridgehead atoms. The second-order valence-electron chi connectivity index (χ2n) is 8.23. The first-order chi connectivity index (χ1) is 13.1. The normalized spacial score (nSPS) is 18.4. The van der Waals surface area contributed by atoms with Crippen molar-refractivity contribution < 1.29 is 19.0 Å². The van der Waals surface area contributed by atoms with Gasteiger partial charge in [0.05, 0.1) is 5.57 Å². The lowest BCUT2D eigenvalue weighted by Gasteiger charge is -2.40. The van der Waals surface area contributed by atoms with Gasteiger partial charge in [0, 0.05) is 0 Å². The number of hydrogen-bond acceptors (Lipinski definition) is 3. The van der Waals surface area contributed by atoms with Crippen LogP contribution >= 0.6 is 0 Å². The predicted molar refractivity (Wildman–Crippen MR) is 110 cm³/mol. The number of benzene rings is 2. The van der Waals surface area contributed by atoms with Gasteiger partial charge in [-0.25, -0.2) is 4.39 Å². The number of aliphatic hydroxyl groups is 1. The highest BCUT2D eigenvalue weighted by atomic mass is 19.1. The minimum Gasteiger partial charge on any atom is -0.508 e. The molecule has 0 saturated heterocycles. The summed E-state index contributed by atoms with van der Waals surface area (Å²) in [6.45, 7) is 8.51. The van der Waals surface area contributed by atoms with E-state index in [9.17, 15) is 14.3 Å². The van der Waals surface area contributed by atoms with Gasteiger partial charge >= 0.3 is 0 Å². The fourth-order valence-corrected chi connectivity index (χ4v) is 3.78. The van der Waals surface area contributed by atoms with Crippen LogP contribution in [0.3, 0.4) is 0 Å². The number of alkyl halides is 1. The Hall–Kier alpha value is -2.46. The van der Waals surface area contributed by atoms with Gasteiger partial charge in [0.15, 0.2) is 5.78 Å². The van der Waals surface area contributed by atoms with E-state index in [4.69, 9.17) is 4.74 Å². The molecule has 1 N–H and O–H groups in total. The standard InChI is InChI=1S/C24H27FO3/c1-6-16-11-12-18(17-9-7-15(14-25)8-10-17)13-19(16)20-21(26)23(2,3)28-24(4,5)22(20)27/h7-13,26H,6,14H2,1-5H3. The summed E-state index contributed by atoms with van der Waals surface area (Å²) < 4.78 is 18.7. The largest absolute Gasteiger partial charge is 0.508 e. The Labute approximate surface area is 165 Å². The smallest absolute Gasteiger partial charge is 0.198 e. The summed E-state index contributed by atoms with van der Waals surface area (Å²) in [5, 5.41) is 10.9. The zero-order valence-electron chi connectivity index (χ0n) is 17.1. The first-order valence-corrected chi connectivity index (χ1v) is 9.58. The van der Waals surface area contributed by atoms with E-state index >= 15 is 0 Å². The molecule has 0 fully saturated rings. The van der Waals surface area contributed by atoms with E-state index in [-0.39, 0.29) is 11.5 Å². The molecule has 148 valence electrons. The van der Waals surface area contributed by atoms with Crippen LogP contribution in [0.5, 0.6) is 0 Å². The first-order valence-electron chi connectivity index (χ1n) is 9.58. The van der Waals surface area contributed by atoms with Gasteiger partial charge in [-0.15, -0.1) is 0 Å². The monoisotopic (exact) mass is 382 g/mol. The summed E-state index contributed by atoms with van der Waals surface area (Å²) in [5.74, 6) is -0.277. The molecule has 0 saturated carbocycles. The Morgan fingerprint density at radius 1 is 0.964 bits per heavy atom. The van der Waals surface area contributed by atoms with Crippen LogP contribution in [0.2, 0.25) is 0 Å². The molecule has 0 radical (unpaired) electrons. The van der Waals surface area contributed by atoms with Gasteiger partial charge in [0.2, 0.25) is 0 Å². The second kappa shape index (κ2) is 7.17. The molecular weight excluding hydrogens is 355 g/mol. The molecule has 28 heavy (non-hydrogen) atoms. The maximum Gasteiger partial charge on any atom is 0.198 e. The highest BCUT2D eigenvalue weighted by Gasteiger charge is 2.47. The molecule has 1 heterocycles. The van der Waals surface area contributed by atoms with Gasteiger partial charge in [-0.2, -0.15) is 0 Å². The quantitative estimate of drug-likeness (QED) is 0.726. The number of ketones is 1. The van der Waals surface area contributed by atoms with Crippen LogP contribution in [0.4, 0.5) is 4.39 Å². The molecule has 0 atom stereocenters. The van der Waals surface area contributed by atoms with Crippen LogP contribution in [0.25, 0.3) is 16.7 Å².